The van der Waals surface area contributed by atoms with Crippen LogP contribution in [0.15, 0.2) is 29.1 Å². The molecule has 1 atom stereocenters. The number of hydrogen-bond donors (Lipinski definition) is 3. The number of anilines is 3. The third-order valence-corrected chi connectivity index (χ3v) is 5.67. The quantitative estimate of drug-likeness (QED) is 0.639. The lowest BCUT2D eigenvalue weighted by Crippen LogP contribution is -2.39. The summed E-state index contributed by atoms with van der Waals surface area (Å²) in [5, 5.41) is 5.00. The van der Waals surface area contributed by atoms with Gasteiger partial charge in [0, 0.05) is 31.3 Å². The van der Waals surface area contributed by atoms with Crippen LogP contribution in [0.25, 0.3) is 0 Å². The molecule has 0 aliphatic carbocycles. The standard InChI is InChI=1S/C21H22F3N5O4/c1-11-5-7-29(8-6-11)20-27-17-16(19(32)28-20)14(10-15(30)26-17)18(31)25-12-3-2-4-13(9-12)33-21(22,23)24/h2-4,9,11,14H,5-8,10H2,1H3,(H,25,31)(H2,26,27,28,30,32)/t14-/m0/s1. The van der Waals surface area contributed by atoms with Gasteiger partial charge in [-0.25, -0.2) is 0 Å². The Hall–Kier alpha value is -3.57. The number of aromatic nitrogens is 2. The lowest BCUT2D eigenvalue weighted by atomic mass is 9.92. The second kappa shape index (κ2) is 8.75. The van der Waals surface area contributed by atoms with E-state index in [0.717, 1.165) is 25.0 Å². The van der Waals surface area contributed by atoms with E-state index in [1.54, 1.807) is 0 Å². The number of benzene rings is 1. The number of nitrogens with zero attached hydrogens (tertiary/aromatic N) is 2. The molecule has 2 aliphatic rings. The molecule has 4 rings (SSSR count). The maximum atomic E-state index is 12.9. The van der Waals surface area contributed by atoms with Gasteiger partial charge in [-0.1, -0.05) is 13.0 Å². The summed E-state index contributed by atoms with van der Waals surface area (Å²) < 4.78 is 41.2. The molecule has 1 saturated heterocycles. The first-order chi connectivity index (χ1) is 15.6. The molecule has 0 unspecified atom stereocenters. The fourth-order valence-corrected chi connectivity index (χ4v) is 3.95. The minimum Gasteiger partial charge on any atom is -0.406 e. The van der Waals surface area contributed by atoms with Crippen molar-refractivity contribution in [3.05, 3.63) is 40.2 Å². The van der Waals surface area contributed by atoms with Crippen molar-refractivity contribution in [2.45, 2.75) is 38.5 Å². The van der Waals surface area contributed by atoms with Crippen molar-refractivity contribution in [1.82, 2.24) is 9.97 Å². The number of H-pyrrole nitrogens is 1. The molecule has 1 aromatic heterocycles. The Balaban J connectivity index is 1.58. The van der Waals surface area contributed by atoms with Gasteiger partial charge in [0.05, 0.1) is 11.5 Å². The molecule has 2 aliphatic heterocycles. The zero-order chi connectivity index (χ0) is 23.8. The molecule has 3 heterocycles. The van der Waals surface area contributed by atoms with E-state index in [1.165, 1.54) is 12.1 Å². The Morgan fingerprint density at radius 3 is 2.67 bits per heavy atom. The number of hydrogen-bond acceptors (Lipinski definition) is 6. The molecule has 1 fully saturated rings. The van der Waals surface area contributed by atoms with Crippen LogP contribution in [0.5, 0.6) is 5.75 Å². The van der Waals surface area contributed by atoms with Crippen LogP contribution < -0.4 is 25.8 Å². The number of carbonyl (C=O) groups is 2. The van der Waals surface area contributed by atoms with Gasteiger partial charge in [-0.15, -0.1) is 13.2 Å². The highest BCUT2D eigenvalue weighted by atomic mass is 19.4. The summed E-state index contributed by atoms with van der Waals surface area (Å²) in [6, 6.07) is 4.73. The normalized spacial score (nSPS) is 19.0. The van der Waals surface area contributed by atoms with Crippen LogP contribution in [0.1, 0.15) is 37.7 Å². The maximum Gasteiger partial charge on any atom is 0.573 e. The highest BCUT2D eigenvalue weighted by Crippen LogP contribution is 2.32. The van der Waals surface area contributed by atoms with E-state index in [2.05, 4.69) is 32.3 Å². The summed E-state index contributed by atoms with van der Waals surface area (Å²) in [4.78, 5) is 47.0. The topological polar surface area (TPSA) is 116 Å². The number of ether oxygens (including phenoxy) is 1. The minimum atomic E-state index is -4.88. The van der Waals surface area contributed by atoms with Crippen LogP contribution in [0.3, 0.4) is 0 Å². The highest BCUT2D eigenvalue weighted by Gasteiger charge is 2.36. The predicted octanol–water partition coefficient (Wildman–Crippen LogP) is 2.97. The molecule has 0 spiro atoms. The Kier molecular flexibility index (Phi) is 6.00. The molecule has 0 saturated carbocycles. The van der Waals surface area contributed by atoms with Crippen LogP contribution >= 0.6 is 0 Å². The van der Waals surface area contributed by atoms with E-state index in [1.807, 2.05) is 4.90 Å². The van der Waals surface area contributed by atoms with Crippen molar-refractivity contribution < 1.29 is 27.5 Å². The summed E-state index contributed by atoms with van der Waals surface area (Å²) in [6.07, 6.45) is -3.31. The molecule has 12 heteroatoms. The van der Waals surface area contributed by atoms with Gasteiger partial charge in [-0.3, -0.25) is 19.4 Å². The van der Waals surface area contributed by atoms with Crippen molar-refractivity contribution in [2.75, 3.05) is 28.6 Å². The Bertz CT molecular complexity index is 1130. The first-order valence-corrected chi connectivity index (χ1v) is 10.4. The fourth-order valence-electron chi connectivity index (χ4n) is 3.95. The predicted molar refractivity (Wildman–Crippen MR) is 113 cm³/mol. The fraction of sp³-hybridized carbons (Fsp3) is 0.429. The number of fused-ring (bicyclic) bond motifs is 1. The summed E-state index contributed by atoms with van der Waals surface area (Å²) in [6.45, 7) is 3.56. The lowest BCUT2D eigenvalue weighted by molar-refractivity contribution is -0.274. The molecule has 33 heavy (non-hydrogen) atoms. The van der Waals surface area contributed by atoms with Gasteiger partial charge < -0.3 is 20.3 Å². The third-order valence-electron chi connectivity index (χ3n) is 5.67. The molecule has 2 amide bonds. The van der Waals surface area contributed by atoms with E-state index in [4.69, 9.17) is 0 Å². The summed E-state index contributed by atoms with van der Waals surface area (Å²) >= 11 is 0. The van der Waals surface area contributed by atoms with Crippen molar-refractivity contribution in [1.29, 1.82) is 0 Å². The van der Waals surface area contributed by atoms with Crippen molar-refractivity contribution in [3.8, 4) is 5.75 Å². The Morgan fingerprint density at radius 1 is 1.24 bits per heavy atom. The lowest BCUT2D eigenvalue weighted by Gasteiger charge is -2.31. The van der Waals surface area contributed by atoms with Crippen LogP contribution in [-0.2, 0) is 9.59 Å². The number of piperidine rings is 1. The second-order valence-electron chi connectivity index (χ2n) is 8.19. The van der Waals surface area contributed by atoms with E-state index < -0.39 is 35.4 Å². The maximum absolute atomic E-state index is 12.9. The molecular weight excluding hydrogens is 443 g/mol. The van der Waals surface area contributed by atoms with Gasteiger partial charge in [0.15, 0.2) is 0 Å². The monoisotopic (exact) mass is 465 g/mol. The number of aromatic amines is 1. The van der Waals surface area contributed by atoms with E-state index in [-0.39, 0.29) is 23.5 Å². The first-order valence-electron chi connectivity index (χ1n) is 10.4. The van der Waals surface area contributed by atoms with Gasteiger partial charge in [-0.2, -0.15) is 4.98 Å². The first kappa shape index (κ1) is 22.6. The van der Waals surface area contributed by atoms with Crippen LogP contribution in [-0.4, -0.2) is 41.2 Å². The van der Waals surface area contributed by atoms with Gasteiger partial charge in [0.25, 0.3) is 5.56 Å². The highest BCUT2D eigenvalue weighted by molar-refractivity contribution is 6.04. The summed E-state index contributed by atoms with van der Waals surface area (Å²) in [7, 11) is 0. The number of halogens is 3. The van der Waals surface area contributed by atoms with Gasteiger partial charge in [0.2, 0.25) is 17.8 Å². The van der Waals surface area contributed by atoms with E-state index in [0.29, 0.717) is 25.0 Å². The smallest absolute Gasteiger partial charge is 0.406 e. The van der Waals surface area contributed by atoms with E-state index >= 15 is 0 Å². The Morgan fingerprint density at radius 2 is 1.97 bits per heavy atom. The van der Waals surface area contributed by atoms with Crippen LogP contribution in [0.2, 0.25) is 0 Å². The number of amides is 2. The minimum absolute atomic E-state index is 0.00363. The average Bonchev–Trinajstić information content (AvgIpc) is 2.72. The largest absolute Gasteiger partial charge is 0.573 e. The molecule has 1 aromatic carbocycles. The van der Waals surface area contributed by atoms with Gasteiger partial charge in [-0.05, 0) is 30.9 Å². The summed E-state index contributed by atoms with van der Waals surface area (Å²) in [5.41, 5.74) is -0.524. The molecule has 0 bridgehead atoms. The summed E-state index contributed by atoms with van der Waals surface area (Å²) in [5.74, 6) is -1.98. The SMILES string of the molecule is CC1CCN(c2nc3c(c(=O)[nH]2)[C@@H](C(=O)Nc2cccc(OC(F)(F)F)c2)CC(=O)N3)CC1. The van der Waals surface area contributed by atoms with Gasteiger partial charge in [0.1, 0.15) is 11.6 Å². The molecular formula is C21H22F3N5O4. The zero-order valence-electron chi connectivity index (χ0n) is 17.7. The molecule has 9 nitrogen and oxygen atoms in total. The molecule has 0 radical (unpaired) electrons. The third kappa shape index (κ3) is 5.26. The van der Waals surface area contributed by atoms with Crippen molar-refractivity contribution >= 4 is 29.3 Å². The second-order valence-corrected chi connectivity index (χ2v) is 8.19. The van der Waals surface area contributed by atoms with Crippen LogP contribution in [0, 0.1) is 5.92 Å². The van der Waals surface area contributed by atoms with Crippen molar-refractivity contribution in [2.24, 2.45) is 5.92 Å². The number of nitrogens with one attached hydrogen (secondary N) is 3. The number of rotatable bonds is 4. The van der Waals surface area contributed by atoms with Crippen molar-refractivity contribution in [3.63, 3.8) is 0 Å². The number of alkyl halides is 3. The van der Waals surface area contributed by atoms with E-state index in [9.17, 15) is 27.6 Å². The zero-order valence-corrected chi connectivity index (χ0v) is 17.7. The Labute approximate surface area is 186 Å². The molecule has 2 aromatic rings. The van der Waals surface area contributed by atoms with Gasteiger partial charge >= 0.3 is 6.36 Å². The average molecular weight is 465 g/mol. The molecule has 3 N–H and O–H groups in total. The molecule has 176 valence electrons. The number of carbonyl (C=O) groups excluding carboxylic acids is 2. The van der Waals surface area contributed by atoms with Crippen LogP contribution in [0.4, 0.5) is 30.6 Å².